The third-order valence-corrected chi connectivity index (χ3v) is 19.4. The van der Waals surface area contributed by atoms with Gasteiger partial charge in [-0.25, -0.2) is 9.13 Å². The molecule has 0 aromatic rings. The van der Waals surface area contributed by atoms with Gasteiger partial charge in [-0.1, -0.05) is 343 Å². The molecule has 0 bridgehead atoms. The predicted molar refractivity (Wildman–Crippen MR) is 382 cm³/mol. The zero-order chi connectivity index (χ0) is 69.1. The van der Waals surface area contributed by atoms with Gasteiger partial charge in [-0.2, -0.15) is 0 Å². The molecular formula is C75H146O17P2. The molecule has 0 saturated heterocycles. The number of esters is 4. The van der Waals surface area contributed by atoms with Gasteiger partial charge in [-0.3, -0.25) is 37.3 Å². The number of hydrogen-bond donors (Lipinski definition) is 3. The Morgan fingerprint density at radius 2 is 0.489 bits per heavy atom. The van der Waals surface area contributed by atoms with Crippen molar-refractivity contribution in [3.8, 4) is 0 Å². The third kappa shape index (κ3) is 68.6. The molecule has 0 saturated carbocycles. The van der Waals surface area contributed by atoms with E-state index in [1.165, 1.54) is 218 Å². The minimum Gasteiger partial charge on any atom is -0.462 e. The van der Waals surface area contributed by atoms with E-state index in [-0.39, 0.29) is 25.7 Å². The lowest BCUT2D eigenvalue weighted by atomic mass is 10.0. The first kappa shape index (κ1) is 92.1. The molecule has 0 aromatic carbocycles. The van der Waals surface area contributed by atoms with Crippen LogP contribution in [0, 0.1) is 5.92 Å². The fraction of sp³-hybridized carbons (Fsp3) is 0.947. The highest BCUT2D eigenvalue weighted by Crippen LogP contribution is 2.45. The average molecular weight is 1380 g/mol. The maximum absolute atomic E-state index is 13.1. The zero-order valence-corrected chi connectivity index (χ0v) is 62.9. The summed E-state index contributed by atoms with van der Waals surface area (Å²) in [7, 11) is -9.91. The molecule has 0 amide bonds. The first-order chi connectivity index (χ1) is 45.5. The Hall–Kier alpha value is -1.94. The van der Waals surface area contributed by atoms with Crippen molar-refractivity contribution in [3.05, 3.63) is 0 Å². The van der Waals surface area contributed by atoms with E-state index in [2.05, 4.69) is 34.6 Å². The van der Waals surface area contributed by atoms with Crippen LogP contribution in [0.5, 0.6) is 0 Å². The topological polar surface area (TPSA) is 237 Å². The monoisotopic (exact) mass is 1380 g/mol. The summed E-state index contributed by atoms with van der Waals surface area (Å²) in [6, 6.07) is 0. The quantitative estimate of drug-likeness (QED) is 0.0222. The molecule has 94 heavy (non-hydrogen) atoms. The summed E-state index contributed by atoms with van der Waals surface area (Å²) in [5.74, 6) is -1.32. The van der Waals surface area contributed by atoms with Gasteiger partial charge >= 0.3 is 39.5 Å². The van der Waals surface area contributed by atoms with E-state index >= 15 is 0 Å². The highest BCUT2D eigenvalue weighted by Gasteiger charge is 2.30. The van der Waals surface area contributed by atoms with Gasteiger partial charge in [0.25, 0.3) is 0 Å². The van der Waals surface area contributed by atoms with E-state index < -0.39 is 97.5 Å². The van der Waals surface area contributed by atoms with Crippen LogP contribution in [0.4, 0.5) is 0 Å². The zero-order valence-electron chi connectivity index (χ0n) is 61.1. The molecule has 0 aliphatic heterocycles. The smallest absolute Gasteiger partial charge is 0.462 e. The number of rotatable bonds is 75. The number of ether oxygens (including phenoxy) is 4. The number of carbonyl (C=O) groups is 4. The summed E-state index contributed by atoms with van der Waals surface area (Å²) in [6.07, 6.45) is 56.7. The molecule has 0 spiro atoms. The summed E-state index contributed by atoms with van der Waals surface area (Å²) in [4.78, 5) is 72.7. The Kier molecular flexibility index (Phi) is 66.8. The van der Waals surface area contributed by atoms with Crippen LogP contribution in [0.2, 0.25) is 0 Å². The molecule has 0 aliphatic carbocycles. The molecule has 0 aliphatic rings. The molecule has 5 atom stereocenters. The molecule has 19 heteroatoms. The van der Waals surface area contributed by atoms with Crippen LogP contribution in [0.15, 0.2) is 0 Å². The van der Waals surface area contributed by atoms with Gasteiger partial charge in [-0.15, -0.1) is 0 Å². The summed E-state index contributed by atoms with van der Waals surface area (Å²) in [6.45, 7) is 7.30. The maximum Gasteiger partial charge on any atom is 0.472 e. The Morgan fingerprint density at radius 3 is 0.723 bits per heavy atom. The number of aliphatic hydroxyl groups is 1. The van der Waals surface area contributed by atoms with Crippen LogP contribution >= 0.6 is 15.6 Å². The Bertz CT molecular complexity index is 1810. The van der Waals surface area contributed by atoms with Crippen molar-refractivity contribution in [2.45, 2.75) is 412 Å². The largest absolute Gasteiger partial charge is 0.472 e. The first-order valence-electron chi connectivity index (χ1n) is 39.1. The SMILES string of the molecule is CCCCCCCCCCCCCCCCCCC(=O)OC[C@H](COP(=O)(O)OC[C@@H](O)COP(=O)(O)OC[C@@H](COC(=O)CCCCCCCCCCCC)OC(=O)CCCCCCCCCCCCC)OC(=O)CCCCCCCCCCCCCCCCC(C)C. The van der Waals surface area contributed by atoms with E-state index in [9.17, 15) is 43.2 Å². The molecule has 0 radical (unpaired) electrons. The summed E-state index contributed by atoms with van der Waals surface area (Å²) in [5, 5.41) is 10.6. The Morgan fingerprint density at radius 1 is 0.287 bits per heavy atom. The second-order valence-corrected chi connectivity index (χ2v) is 30.4. The van der Waals surface area contributed by atoms with Crippen LogP contribution in [0.3, 0.4) is 0 Å². The predicted octanol–water partition coefficient (Wildman–Crippen LogP) is 22.1. The van der Waals surface area contributed by atoms with Crippen LogP contribution in [0.1, 0.15) is 394 Å². The number of aliphatic hydroxyl groups excluding tert-OH is 1. The van der Waals surface area contributed by atoms with Crippen LogP contribution in [-0.2, 0) is 65.4 Å². The van der Waals surface area contributed by atoms with Gasteiger partial charge < -0.3 is 33.8 Å². The molecule has 558 valence electrons. The van der Waals surface area contributed by atoms with Gasteiger partial charge in [0.2, 0.25) is 0 Å². The normalized spacial score (nSPS) is 14.0. The van der Waals surface area contributed by atoms with E-state index in [0.29, 0.717) is 25.7 Å². The van der Waals surface area contributed by atoms with E-state index in [4.69, 9.17) is 37.0 Å². The lowest BCUT2D eigenvalue weighted by Gasteiger charge is -2.21. The number of hydrogen-bond acceptors (Lipinski definition) is 15. The third-order valence-electron chi connectivity index (χ3n) is 17.5. The van der Waals surface area contributed by atoms with Crippen molar-refractivity contribution < 1.29 is 80.2 Å². The van der Waals surface area contributed by atoms with Gasteiger partial charge in [0, 0.05) is 25.7 Å². The summed E-state index contributed by atoms with van der Waals surface area (Å²) >= 11 is 0. The van der Waals surface area contributed by atoms with Gasteiger partial charge in [0.05, 0.1) is 26.4 Å². The number of unbranched alkanes of at least 4 members (excludes halogenated alkanes) is 47. The fourth-order valence-electron chi connectivity index (χ4n) is 11.5. The van der Waals surface area contributed by atoms with Crippen LogP contribution in [0.25, 0.3) is 0 Å². The van der Waals surface area contributed by atoms with Crippen molar-refractivity contribution in [1.82, 2.24) is 0 Å². The molecule has 17 nitrogen and oxygen atoms in total. The van der Waals surface area contributed by atoms with Gasteiger partial charge in [0.1, 0.15) is 19.3 Å². The van der Waals surface area contributed by atoms with E-state index in [0.717, 1.165) is 95.8 Å². The number of carbonyl (C=O) groups excluding carboxylic acids is 4. The Labute approximate surface area is 575 Å². The summed E-state index contributed by atoms with van der Waals surface area (Å²) in [5.41, 5.74) is 0. The lowest BCUT2D eigenvalue weighted by Crippen LogP contribution is -2.30. The van der Waals surface area contributed by atoms with Crippen molar-refractivity contribution in [3.63, 3.8) is 0 Å². The standard InChI is InChI=1S/C75H146O17P2/c1-6-9-12-15-18-21-24-25-26-27-31-35-39-44-49-54-59-73(78)86-65-71(92-75(80)61-56-51-46-41-36-32-29-28-30-34-37-42-47-52-57-68(4)5)67-90-94(83,84)88-63-69(76)62-87-93(81,82)89-66-70(64-85-72(77)58-53-48-43-38-23-20-17-14-11-8-3)91-74(79)60-55-50-45-40-33-22-19-16-13-10-7-2/h68-71,76H,6-67H2,1-5H3,(H,81,82)(H,83,84)/t69-,70+,71+/m0/s1. The minimum absolute atomic E-state index is 0.107. The van der Waals surface area contributed by atoms with E-state index in [1.54, 1.807) is 0 Å². The van der Waals surface area contributed by atoms with Gasteiger partial charge in [-0.05, 0) is 31.6 Å². The maximum atomic E-state index is 13.1. The molecule has 0 aromatic heterocycles. The highest BCUT2D eigenvalue weighted by atomic mass is 31.2. The molecule has 0 heterocycles. The minimum atomic E-state index is -4.96. The first-order valence-corrected chi connectivity index (χ1v) is 42.1. The van der Waals surface area contributed by atoms with Crippen LogP contribution < -0.4 is 0 Å². The second-order valence-electron chi connectivity index (χ2n) is 27.5. The molecule has 0 rings (SSSR count). The second kappa shape index (κ2) is 68.2. The Balaban J connectivity index is 5.23. The molecular weight excluding hydrogens is 1230 g/mol. The number of phosphoric ester groups is 2. The van der Waals surface area contributed by atoms with E-state index in [1.807, 2.05) is 0 Å². The van der Waals surface area contributed by atoms with Crippen molar-refractivity contribution in [2.75, 3.05) is 39.6 Å². The van der Waals surface area contributed by atoms with Crippen molar-refractivity contribution in [2.24, 2.45) is 5.92 Å². The van der Waals surface area contributed by atoms with Crippen molar-refractivity contribution in [1.29, 1.82) is 0 Å². The fourth-order valence-corrected chi connectivity index (χ4v) is 13.1. The molecule has 2 unspecified atom stereocenters. The molecule has 3 N–H and O–H groups in total. The molecule has 0 fully saturated rings. The van der Waals surface area contributed by atoms with Crippen molar-refractivity contribution >= 4 is 39.5 Å². The summed E-state index contributed by atoms with van der Waals surface area (Å²) < 4.78 is 68.5. The average Bonchev–Trinajstić information content (AvgIpc) is 1.49. The van der Waals surface area contributed by atoms with Gasteiger partial charge in [0.15, 0.2) is 12.2 Å². The lowest BCUT2D eigenvalue weighted by molar-refractivity contribution is -0.161. The highest BCUT2D eigenvalue weighted by molar-refractivity contribution is 7.47. The number of phosphoric acid groups is 2. The van der Waals surface area contributed by atoms with Crippen LogP contribution in [-0.4, -0.2) is 96.7 Å².